The van der Waals surface area contributed by atoms with Gasteiger partial charge in [0, 0.05) is 0 Å². The monoisotopic (exact) mass is 166 g/mol. The Balaban J connectivity index is 2.45. The highest BCUT2D eigenvalue weighted by atomic mass is 16.6. The fourth-order valence-electron chi connectivity index (χ4n) is 1.92. The molecule has 1 fully saturated rings. The van der Waals surface area contributed by atoms with Crippen molar-refractivity contribution in [3.63, 3.8) is 0 Å². The maximum absolute atomic E-state index is 11.1. The molecule has 0 saturated carbocycles. The maximum atomic E-state index is 11.1. The van der Waals surface area contributed by atoms with Crippen molar-refractivity contribution in [1.29, 1.82) is 0 Å². The summed E-state index contributed by atoms with van der Waals surface area (Å²) in [5.74, 6) is -1.01. The molecule has 0 N–H and O–H groups in total. The highest BCUT2D eigenvalue weighted by molar-refractivity contribution is 6.08. The van der Waals surface area contributed by atoms with E-state index in [4.69, 9.17) is 0 Å². The van der Waals surface area contributed by atoms with E-state index in [1.807, 2.05) is 6.92 Å². The summed E-state index contributed by atoms with van der Waals surface area (Å²) >= 11 is 0. The molecule has 0 aromatic heterocycles. The molecule has 0 amide bonds. The lowest BCUT2D eigenvalue weighted by atomic mass is 9.85. The highest BCUT2D eigenvalue weighted by Gasteiger charge is 2.41. The number of allylic oxidation sites excluding steroid dienone is 1. The molecule has 0 aromatic rings. The largest absolute Gasteiger partial charge is 0.389 e. The summed E-state index contributed by atoms with van der Waals surface area (Å²) in [7, 11) is 0. The average Bonchev–Trinajstić information content (AvgIpc) is 2.29. The summed E-state index contributed by atoms with van der Waals surface area (Å²) in [6.45, 7) is 1.90. The summed E-state index contributed by atoms with van der Waals surface area (Å²) in [6.07, 6.45) is 2.69. The van der Waals surface area contributed by atoms with Gasteiger partial charge in [0.15, 0.2) is 0 Å². The number of hydrogen-bond acceptors (Lipinski definition) is 3. The van der Waals surface area contributed by atoms with Crippen LogP contribution < -0.4 is 0 Å². The fraction of sp³-hybridized carbons (Fsp3) is 0.556. The number of cyclic esters (lactones) is 2. The molecule has 1 aliphatic carbocycles. The maximum Gasteiger partial charge on any atom is 0.342 e. The first kappa shape index (κ1) is 7.53. The minimum absolute atomic E-state index is 0.244. The van der Waals surface area contributed by atoms with Gasteiger partial charge in [-0.1, -0.05) is 5.57 Å². The summed E-state index contributed by atoms with van der Waals surface area (Å²) in [4.78, 5) is 22.2. The van der Waals surface area contributed by atoms with Gasteiger partial charge in [-0.3, -0.25) is 4.79 Å². The van der Waals surface area contributed by atoms with Gasteiger partial charge in [0.2, 0.25) is 0 Å². The smallest absolute Gasteiger partial charge is 0.342 e. The lowest BCUT2D eigenvalue weighted by Crippen LogP contribution is -2.14. The van der Waals surface area contributed by atoms with Crippen LogP contribution in [0.2, 0.25) is 0 Å². The molecule has 2 aliphatic rings. The van der Waals surface area contributed by atoms with Crippen molar-refractivity contribution >= 4 is 11.9 Å². The van der Waals surface area contributed by atoms with Crippen molar-refractivity contribution in [2.75, 3.05) is 0 Å². The zero-order valence-electron chi connectivity index (χ0n) is 6.92. The number of carbonyl (C=O) groups excluding carboxylic acids is 2. The van der Waals surface area contributed by atoms with Gasteiger partial charge < -0.3 is 4.74 Å². The molecule has 2 rings (SSSR count). The van der Waals surface area contributed by atoms with Gasteiger partial charge in [-0.2, -0.15) is 0 Å². The molecular weight excluding hydrogens is 156 g/mol. The molecule has 3 nitrogen and oxygen atoms in total. The van der Waals surface area contributed by atoms with Crippen molar-refractivity contribution in [3.8, 4) is 0 Å². The highest BCUT2D eigenvalue weighted by Crippen LogP contribution is 2.35. The van der Waals surface area contributed by atoms with E-state index in [0.717, 1.165) is 24.8 Å². The van der Waals surface area contributed by atoms with Crippen LogP contribution in [0.4, 0.5) is 0 Å². The molecule has 3 heteroatoms. The predicted molar refractivity (Wildman–Crippen MR) is 41.1 cm³/mol. The van der Waals surface area contributed by atoms with E-state index >= 15 is 0 Å². The summed E-state index contributed by atoms with van der Waals surface area (Å²) in [5, 5.41) is 0. The van der Waals surface area contributed by atoms with E-state index < -0.39 is 5.97 Å². The number of rotatable bonds is 0. The second kappa shape index (κ2) is 2.44. The first-order chi connectivity index (χ1) is 5.70. The Morgan fingerprint density at radius 1 is 1.42 bits per heavy atom. The van der Waals surface area contributed by atoms with Crippen molar-refractivity contribution in [1.82, 2.24) is 0 Å². The van der Waals surface area contributed by atoms with E-state index in [-0.39, 0.29) is 11.9 Å². The van der Waals surface area contributed by atoms with Crippen LogP contribution in [0, 0.1) is 5.92 Å². The lowest BCUT2D eigenvalue weighted by Gasteiger charge is -2.15. The Hall–Kier alpha value is -1.12. The van der Waals surface area contributed by atoms with Gasteiger partial charge in [-0.05, 0) is 26.2 Å². The van der Waals surface area contributed by atoms with Crippen LogP contribution in [0.15, 0.2) is 11.1 Å². The number of fused-ring (bicyclic) bond motifs is 1. The van der Waals surface area contributed by atoms with E-state index in [1.54, 1.807) is 0 Å². The fourth-order valence-corrected chi connectivity index (χ4v) is 1.92. The topological polar surface area (TPSA) is 43.4 Å². The van der Waals surface area contributed by atoms with E-state index in [2.05, 4.69) is 4.74 Å². The Labute approximate surface area is 70.4 Å². The van der Waals surface area contributed by atoms with Gasteiger partial charge in [0.1, 0.15) is 0 Å². The third-order valence-corrected chi connectivity index (χ3v) is 2.55. The van der Waals surface area contributed by atoms with Crippen LogP contribution in [-0.4, -0.2) is 11.9 Å². The molecule has 1 heterocycles. The summed E-state index contributed by atoms with van der Waals surface area (Å²) < 4.78 is 4.54. The number of esters is 2. The minimum Gasteiger partial charge on any atom is -0.389 e. The van der Waals surface area contributed by atoms with Crippen molar-refractivity contribution in [3.05, 3.63) is 11.1 Å². The van der Waals surface area contributed by atoms with Crippen LogP contribution >= 0.6 is 0 Å². The zero-order valence-corrected chi connectivity index (χ0v) is 6.92. The van der Waals surface area contributed by atoms with Gasteiger partial charge >= 0.3 is 11.9 Å². The molecule has 0 bridgehead atoms. The molecular formula is C9H10O3. The Morgan fingerprint density at radius 2 is 2.17 bits per heavy atom. The minimum atomic E-state index is -0.415. The van der Waals surface area contributed by atoms with Crippen molar-refractivity contribution in [2.24, 2.45) is 5.92 Å². The van der Waals surface area contributed by atoms with Gasteiger partial charge in [0.05, 0.1) is 11.5 Å². The number of carbonyl (C=O) groups is 2. The van der Waals surface area contributed by atoms with Gasteiger partial charge in [-0.15, -0.1) is 0 Å². The standard InChI is InChI=1S/C9H10O3/c1-5-3-2-4-6-7(5)9(11)12-8(6)10/h6H,2-4H2,1H3. The Kier molecular flexibility index (Phi) is 1.53. The third-order valence-electron chi connectivity index (χ3n) is 2.55. The molecule has 0 aromatic carbocycles. The quantitative estimate of drug-likeness (QED) is 0.401. The molecule has 1 unspecified atom stereocenters. The average molecular weight is 166 g/mol. The van der Waals surface area contributed by atoms with Crippen LogP contribution in [0.3, 0.4) is 0 Å². The molecule has 0 radical (unpaired) electrons. The van der Waals surface area contributed by atoms with Crippen molar-refractivity contribution < 1.29 is 14.3 Å². The second-order valence-corrected chi connectivity index (χ2v) is 3.35. The second-order valence-electron chi connectivity index (χ2n) is 3.35. The lowest BCUT2D eigenvalue weighted by molar-refractivity contribution is -0.152. The summed E-state index contributed by atoms with van der Waals surface area (Å²) in [5.41, 5.74) is 1.66. The van der Waals surface area contributed by atoms with E-state index in [0.29, 0.717) is 5.57 Å². The molecule has 64 valence electrons. The normalized spacial score (nSPS) is 28.9. The Bertz CT molecular complexity index is 288. The van der Waals surface area contributed by atoms with Crippen LogP contribution in [0.25, 0.3) is 0 Å². The van der Waals surface area contributed by atoms with Crippen LogP contribution in [-0.2, 0) is 14.3 Å². The molecule has 1 atom stereocenters. The SMILES string of the molecule is CC1=C2C(=O)OC(=O)C2CCC1. The predicted octanol–water partition coefficient (Wildman–Crippen LogP) is 1.19. The summed E-state index contributed by atoms with van der Waals surface area (Å²) in [6, 6.07) is 0. The van der Waals surface area contributed by atoms with Crippen LogP contribution in [0.5, 0.6) is 0 Å². The van der Waals surface area contributed by atoms with E-state index in [9.17, 15) is 9.59 Å². The van der Waals surface area contributed by atoms with Gasteiger partial charge in [-0.25, -0.2) is 4.79 Å². The molecule has 1 saturated heterocycles. The van der Waals surface area contributed by atoms with Crippen LogP contribution in [0.1, 0.15) is 26.2 Å². The number of hydrogen-bond donors (Lipinski definition) is 0. The third kappa shape index (κ3) is 0.891. The van der Waals surface area contributed by atoms with Crippen molar-refractivity contribution in [2.45, 2.75) is 26.2 Å². The molecule has 1 aliphatic heterocycles. The zero-order chi connectivity index (χ0) is 8.72. The number of ether oxygens (including phenoxy) is 1. The Morgan fingerprint density at radius 3 is 2.83 bits per heavy atom. The molecule has 12 heavy (non-hydrogen) atoms. The first-order valence-electron chi connectivity index (χ1n) is 4.16. The first-order valence-corrected chi connectivity index (χ1v) is 4.16. The molecule has 0 spiro atoms. The van der Waals surface area contributed by atoms with E-state index in [1.165, 1.54) is 0 Å². The van der Waals surface area contributed by atoms with Gasteiger partial charge in [0.25, 0.3) is 0 Å².